The molecule has 0 fully saturated rings. The van der Waals surface area contributed by atoms with Gasteiger partial charge in [-0.2, -0.15) is 30.4 Å². The van der Waals surface area contributed by atoms with Crippen LogP contribution in [0, 0.1) is 0 Å². The molecule has 0 aromatic heterocycles. The van der Waals surface area contributed by atoms with Crippen molar-refractivity contribution in [3.05, 3.63) is 23.8 Å². The summed E-state index contributed by atoms with van der Waals surface area (Å²) in [5.74, 6) is -1.73. The summed E-state index contributed by atoms with van der Waals surface area (Å²) in [6, 6.07) is 0. The molecule has 0 aliphatic heterocycles. The second kappa shape index (κ2) is 5.72. The first kappa shape index (κ1) is 17.6. The molecule has 0 bridgehead atoms. The SMILES string of the molecule is O=C(OC(C(F)(F)F)C(F)(F)S(=O)(=O)O)C1=CCC=CC1. The molecule has 1 atom stereocenters. The fourth-order valence-electron chi connectivity index (χ4n) is 1.41. The van der Waals surface area contributed by atoms with Gasteiger partial charge >= 0.3 is 27.5 Å². The lowest BCUT2D eigenvalue weighted by atomic mass is 10.1. The van der Waals surface area contributed by atoms with E-state index in [0.717, 1.165) is 6.08 Å². The monoisotopic (exact) mass is 336 g/mol. The zero-order valence-corrected chi connectivity index (χ0v) is 10.9. The first-order chi connectivity index (χ1) is 9.37. The summed E-state index contributed by atoms with van der Waals surface area (Å²) in [5, 5.41) is -5.72. The Morgan fingerprint density at radius 2 is 1.81 bits per heavy atom. The first-order valence-corrected chi connectivity index (χ1v) is 6.78. The van der Waals surface area contributed by atoms with Crippen LogP contribution in [0.1, 0.15) is 12.8 Å². The molecule has 0 heterocycles. The molecule has 0 radical (unpaired) electrons. The highest BCUT2D eigenvalue weighted by atomic mass is 32.2. The Bertz CT molecular complexity index is 575. The van der Waals surface area contributed by atoms with Crippen molar-refractivity contribution in [2.24, 2.45) is 0 Å². The lowest BCUT2D eigenvalue weighted by molar-refractivity contribution is -0.257. The maximum Gasteiger partial charge on any atom is 0.432 e. The van der Waals surface area contributed by atoms with Crippen LogP contribution in [0.5, 0.6) is 0 Å². The van der Waals surface area contributed by atoms with Crippen LogP contribution in [0.25, 0.3) is 0 Å². The van der Waals surface area contributed by atoms with Gasteiger partial charge in [0.15, 0.2) is 0 Å². The van der Waals surface area contributed by atoms with Gasteiger partial charge in [-0.25, -0.2) is 4.79 Å². The number of hydrogen-bond acceptors (Lipinski definition) is 4. The van der Waals surface area contributed by atoms with Crippen LogP contribution in [0.3, 0.4) is 0 Å². The number of hydrogen-bond donors (Lipinski definition) is 1. The molecule has 5 nitrogen and oxygen atoms in total. The Hall–Kier alpha value is -1.49. The Morgan fingerprint density at radius 1 is 1.24 bits per heavy atom. The van der Waals surface area contributed by atoms with Gasteiger partial charge in [-0.15, -0.1) is 0 Å². The van der Waals surface area contributed by atoms with Crippen LogP contribution < -0.4 is 0 Å². The zero-order chi connectivity index (χ0) is 16.5. The fraction of sp³-hybridized carbons (Fsp3) is 0.500. The van der Waals surface area contributed by atoms with Gasteiger partial charge < -0.3 is 4.74 Å². The van der Waals surface area contributed by atoms with E-state index >= 15 is 0 Å². The average molecular weight is 336 g/mol. The number of carbonyl (C=O) groups excluding carboxylic acids is 1. The van der Waals surface area contributed by atoms with E-state index in [1.165, 1.54) is 6.08 Å². The van der Waals surface area contributed by atoms with E-state index in [0.29, 0.717) is 0 Å². The van der Waals surface area contributed by atoms with E-state index < -0.39 is 33.6 Å². The molecule has 1 N–H and O–H groups in total. The molecule has 0 aromatic carbocycles. The zero-order valence-electron chi connectivity index (χ0n) is 10.1. The lowest BCUT2D eigenvalue weighted by Gasteiger charge is -2.26. The highest BCUT2D eigenvalue weighted by molar-refractivity contribution is 7.86. The van der Waals surface area contributed by atoms with Gasteiger partial charge in [-0.1, -0.05) is 18.2 Å². The highest BCUT2D eigenvalue weighted by Gasteiger charge is 2.66. The van der Waals surface area contributed by atoms with Gasteiger partial charge in [-0.3, -0.25) is 4.55 Å². The molecule has 11 heteroatoms. The van der Waals surface area contributed by atoms with Gasteiger partial charge in [0.2, 0.25) is 0 Å². The van der Waals surface area contributed by atoms with Crippen molar-refractivity contribution < 1.29 is 44.5 Å². The topological polar surface area (TPSA) is 80.7 Å². The molecule has 0 spiro atoms. The molecular weight excluding hydrogens is 327 g/mol. The summed E-state index contributed by atoms with van der Waals surface area (Å²) in [4.78, 5) is 11.4. The molecule has 1 rings (SSSR count). The number of allylic oxidation sites excluding steroid dienone is 3. The summed E-state index contributed by atoms with van der Waals surface area (Å²) < 4.78 is 96.4. The lowest BCUT2D eigenvalue weighted by Crippen LogP contribution is -2.52. The molecule has 1 aliphatic rings. The Kier molecular flexibility index (Phi) is 4.78. The summed E-state index contributed by atoms with van der Waals surface area (Å²) >= 11 is 0. The van der Waals surface area contributed by atoms with Crippen molar-refractivity contribution in [3.8, 4) is 0 Å². The Morgan fingerprint density at radius 3 is 2.19 bits per heavy atom. The number of esters is 1. The summed E-state index contributed by atoms with van der Waals surface area (Å²) in [5.41, 5.74) is -0.321. The summed E-state index contributed by atoms with van der Waals surface area (Å²) in [6.07, 6.45) is -6.01. The Balaban J connectivity index is 3.06. The van der Waals surface area contributed by atoms with Crippen LogP contribution in [0.4, 0.5) is 22.0 Å². The van der Waals surface area contributed by atoms with Crippen LogP contribution in [0.15, 0.2) is 23.8 Å². The maximum atomic E-state index is 13.1. The maximum absolute atomic E-state index is 13.1. The van der Waals surface area contributed by atoms with E-state index in [4.69, 9.17) is 4.55 Å². The molecule has 0 amide bonds. The average Bonchev–Trinajstić information content (AvgIpc) is 2.33. The van der Waals surface area contributed by atoms with E-state index in [9.17, 15) is 35.2 Å². The summed E-state index contributed by atoms with van der Waals surface area (Å²) in [7, 11) is -6.43. The van der Waals surface area contributed by atoms with Crippen molar-refractivity contribution in [1.29, 1.82) is 0 Å². The second-order valence-corrected chi connectivity index (χ2v) is 5.50. The number of alkyl halides is 5. The number of rotatable bonds is 4. The van der Waals surface area contributed by atoms with E-state index in [2.05, 4.69) is 4.74 Å². The van der Waals surface area contributed by atoms with Gasteiger partial charge in [0.25, 0.3) is 6.10 Å². The first-order valence-electron chi connectivity index (χ1n) is 5.34. The molecule has 0 aromatic rings. The molecule has 0 saturated carbocycles. The van der Waals surface area contributed by atoms with Crippen molar-refractivity contribution >= 4 is 16.1 Å². The quantitative estimate of drug-likeness (QED) is 0.368. The van der Waals surface area contributed by atoms with Crippen LogP contribution in [-0.2, 0) is 19.6 Å². The molecular formula is C10H9F5O5S. The minimum Gasteiger partial charge on any atom is -0.441 e. The predicted octanol–water partition coefficient (Wildman–Crippen LogP) is 2.22. The van der Waals surface area contributed by atoms with E-state index in [-0.39, 0.29) is 18.4 Å². The molecule has 120 valence electrons. The number of carbonyl (C=O) groups is 1. The number of halogens is 5. The van der Waals surface area contributed by atoms with Gasteiger partial charge in [-0.05, 0) is 12.8 Å². The minimum absolute atomic E-state index is 0.138. The highest BCUT2D eigenvalue weighted by Crippen LogP contribution is 2.38. The van der Waals surface area contributed by atoms with Crippen LogP contribution in [-0.4, -0.2) is 36.5 Å². The van der Waals surface area contributed by atoms with Gasteiger partial charge in [0, 0.05) is 5.57 Å². The van der Waals surface area contributed by atoms with Gasteiger partial charge in [0.1, 0.15) is 0 Å². The standard InChI is InChI=1S/C10H9F5O5S/c11-9(12,13)8(10(14,15)21(17,18)19)20-7(16)6-4-2-1-3-5-6/h1-2,5,8H,3-4H2,(H,17,18,19). The van der Waals surface area contributed by atoms with Gasteiger partial charge in [0.05, 0.1) is 0 Å². The normalized spacial score (nSPS) is 18.1. The van der Waals surface area contributed by atoms with Crippen LogP contribution >= 0.6 is 0 Å². The smallest absolute Gasteiger partial charge is 0.432 e. The minimum atomic E-state index is -6.43. The van der Waals surface area contributed by atoms with Crippen molar-refractivity contribution in [1.82, 2.24) is 0 Å². The van der Waals surface area contributed by atoms with E-state index in [1.807, 2.05) is 0 Å². The third kappa shape index (κ3) is 4.00. The van der Waals surface area contributed by atoms with Crippen LogP contribution in [0.2, 0.25) is 0 Å². The third-order valence-corrected chi connectivity index (χ3v) is 3.34. The number of ether oxygens (including phenoxy) is 1. The van der Waals surface area contributed by atoms with Crippen molar-refractivity contribution in [2.45, 2.75) is 30.4 Å². The van der Waals surface area contributed by atoms with Crippen molar-refractivity contribution in [2.75, 3.05) is 0 Å². The predicted molar refractivity (Wildman–Crippen MR) is 58.9 cm³/mol. The molecule has 0 saturated heterocycles. The molecule has 1 aliphatic carbocycles. The second-order valence-electron chi connectivity index (χ2n) is 4.00. The van der Waals surface area contributed by atoms with E-state index in [1.54, 1.807) is 6.08 Å². The van der Waals surface area contributed by atoms with Crippen molar-refractivity contribution in [3.63, 3.8) is 0 Å². The summed E-state index contributed by atoms with van der Waals surface area (Å²) in [6.45, 7) is 0. The fourth-order valence-corrected chi connectivity index (χ4v) is 1.86. The molecule has 1 unspecified atom stereocenters. The largest absolute Gasteiger partial charge is 0.441 e. The Labute approximate surface area is 115 Å². The molecule has 21 heavy (non-hydrogen) atoms. The third-order valence-electron chi connectivity index (χ3n) is 2.44.